The lowest BCUT2D eigenvalue weighted by Gasteiger charge is -2.19. The first kappa shape index (κ1) is 13.1. The highest BCUT2D eigenvalue weighted by Crippen LogP contribution is 2.40. The van der Waals surface area contributed by atoms with E-state index in [2.05, 4.69) is 15.9 Å². The largest absolute Gasteiger partial charge is 0.274 e. The van der Waals surface area contributed by atoms with Crippen molar-refractivity contribution in [2.24, 2.45) is 11.8 Å². The highest BCUT2D eigenvalue weighted by Gasteiger charge is 2.48. The van der Waals surface area contributed by atoms with Crippen LogP contribution in [0, 0.1) is 11.8 Å². The van der Waals surface area contributed by atoms with E-state index in [1.807, 2.05) is 0 Å². The molecule has 0 unspecified atom stereocenters. The molecule has 19 heavy (non-hydrogen) atoms. The number of fused-ring (bicyclic) bond motifs is 1. The van der Waals surface area contributed by atoms with Crippen molar-refractivity contribution in [3.05, 3.63) is 27.7 Å². The molecule has 1 aliphatic carbocycles. The minimum Gasteiger partial charge on any atom is -0.274 e. The number of anilines is 1. The van der Waals surface area contributed by atoms with E-state index < -0.39 is 0 Å². The fourth-order valence-electron chi connectivity index (χ4n) is 3.04. The Morgan fingerprint density at radius 2 is 1.68 bits per heavy atom. The fraction of sp³-hybridized carbons (Fsp3) is 0.429. The molecule has 1 aromatic rings. The van der Waals surface area contributed by atoms with E-state index in [-0.39, 0.29) is 23.7 Å². The van der Waals surface area contributed by atoms with Crippen LogP contribution in [0.5, 0.6) is 0 Å². The maximum atomic E-state index is 12.4. The average molecular weight is 343 g/mol. The number of carbonyl (C=O) groups excluding carboxylic acids is 2. The molecule has 1 aliphatic heterocycles. The molecule has 0 aromatic heterocycles. The van der Waals surface area contributed by atoms with Gasteiger partial charge in [0.15, 0.2) is 0 Å². The monoisotopic (exact) mass is 341 g/mol. The molecule has 2 amide bonds. The van der Waals surface area contributed by atoms with Crippen LogP contribution in [0.4, 0.5) is 5.69 Å². The van der Waals surface area contributed by atoms with Gasteiger partial charge in [-0.2, -0.15) is 0 Å². The van der Waals surface area contributed by atoms with Crippen LogP contribution in [0.1, 0.15) is 25.7 Å². The first-order valence-electron chi connectivity index (χ1n) is 6.42. The van der Waals surface area contributed by atoms with Gasteiger partial charge in [-0.3, -0.25) is 14.5 Å². The van der Waals surface area contributed by atoms with Crippen molar-refractivity contribution in [1.82, 2.24) is 0 Å². The van der Waals surface area contributed by atoms with Crippen LogP contribution in [0.15, 0.2) is 22.7 Å². The third-order valence-electron chi connectivity index (χ3n) is 4.00. The van der Waals surface area contributed by atoms with Crippen LogP contribution in [-0.4, -0.2) is 11.8 Å². The molecule has 3 rings (SSSR count). The van der Waals surface area contributed by atoms with Crippen molar-refractivity contribution < 1.29 is 9.59 Å². The van der Waals surface area contributed by atoms with Crippen LogP contribution in [0.3, 0.4) is 0 Å². The molecule has 0 spiro atoms. The Morgan fingerprint density at radius 1 is 1.11 bits per heavy atom. The standard InChI is InChI=1S/C14H13BrClNO2/c15-11-6-5-8(7-12(11)16)17-13(18)9-3-1-2-4-10(9)14(17)19/h5-7,9-10H,1-4H2/t9-,10-/m1/s1. The quantitative estimate of drug-likeness (QED) is 0.728. The predicted octanol–water partition coefficient (Wildman–Crippen LogP) is 3.78. The Labute approximate surface area is 125 Å². The zero-order valence-corrected chi connectivity index (χ0v) is 12.6. The third kappa shape index (κ3) is 2.11. The van der Waals surface area contributed by atoms with Gasteiger partial charge in [-0.25, -0.2) is 0 Å². The maximum Gasteiger partial charge on any atom is 0.237 e. The molecule has 2 fully saturated rings. The summed E-state index contributed by atoms with van der Waals surface area (Å²) in [6.07, 6.45) is 3.73. The van der Waals surface area contributed by atoms with Crippen LogP contribution < -0.4 is 4.90 Å². The summed E-state index contributed by atoms with van der Waals surface area (Å²) in [5, 5.41) is 0.507. The summed E-state index contributed by atoms with van der Waals surface area (Å²) in [7, 11) is 0. The van der Waals surface area contributed by atoms with Crippen LogP contribution in [0.25, 0.3) is 0 Å². The topological polar surface area (TPSA) is 37.4 Å². The third-order valence-corrected chi connectivity index (χ3v) is 5.23. The summed E-state index contributed by atoms with van der Waals surface area (Å²) in [5.41, 5.74) is 0.581. The van der Waals surface area contributed by atoms with Gasteiger partial charge in [0.2, 0.25) is 11.8 Å². The van der Waals surface area contributed by atoms with E-state index >= 15 is 0 Å². The molecule has 0 bridgehead atoms. The molecule has 2 atom stereocenters. The van der Waals surface area contributed by atoms with Crippen molar-refractivity contribution in [3.63, 3.8) is 0 Å². The zero-order valence-electron chi connectivity index (χ0n) is 10.2. The molecule has 1 saturated heterocycles. The molecule has 1 heterocycles. The number of hydrogen-bond donors (Lipinski definition) is 0. The summed E-state index contributed by atoms with van der Waals surface area (Å²) in [4.78, 5) is 26.1. The molecular formula is C14H13BrClNO2. The predicted molar refractivity (Wildman–Crippen MR) is 77.1 cm³/mol. The lowest BCUT2D eigenvalue weighted by Crippen LogP contribution is -2.30. The number of imide groups is 1. The average Bonchev–Trinajstić information content (AvgIpc) is 2.66. The second kappa shape index (κ2) is 4.91. The van der Waals surface area contributed by atoms with Crippen molar-refractivity contribution in [1.29, 1.82) is 0 Å². The van der Waals surface area contributed by atoms with E-state index in [4.69, 9.17) is 11.6 Å². The first-order valence-corrected chi connectivity index (χ1v) is 7.59. The zero-order chi connectivity index (χ0) is 13.6. The fourth-order valence-corrected chi connectivity index (χ4v) is 3.46. The van der Waals surface area contributed by atoms with Crippen molar-refractivity contribution >= 4 is 45.0 Å². The van der Waals surface area contributed by atoms with Crippen LogP contribution in [-0.2, 0) is 9.59 Å². The number of hydrogen-bond acceptors (Lipinski definition) is 2. The van der Waals surface area contributed by atoms with Gasteiger partial charge in [-0.05, 0) is 47.0 Å². The van der Waals surface area contributed by atoms with Gasteiger partial charge in [-0.15, -0.1) is 0 Å². The number of amides is 2. The van der Waals surface area contributed by atoms with E-state index in [1.54, 1.807) is 18.2 Å². The summed E-state index contributed by atoms with van der Waals surface area (Å²) < 4.78 is 0.759. The summed E-state index contributed by atoms with van der Waals surface area (Å²) >= 11 is 9.35. The molecule has 1 saturated carbocycles. The van der Waals surface area contributed by atoms with Gasteiger partial charge in [-0.1, -0.05) is 24.4 Å². The lowest BCUT2D eigenvalue weighted by atomic mass is 9.81. The van der Waals surface area contributed by atoms with Crippen molar-refractivity contribution in [2.75, 3.05) is 4.90 Å². The van der Waals surface area contributed by atoms with Gasteiger partial charge in [0, 0.05) is 4.47 Å². The maximum absolute atomic E-state index is 12.4. The highest BCUT2D eigenvalue weighted by atomic mass is 79.9. The first-order chi connectivity index (χ1) is 9.09. The van der Waals surface area contributed by atoms with E-state index in [0.29, 0.717) is 10.7 Å². The molecule has 0 radical (unpaired) electrons. The SMILES string of the molecule is O=C1[C@@H]2CCCC[C@H]2C(=O)N1c1ccc(Br)c(Cl)c1. The minimum absolute atomic E-state index is 0.0620. The van der Waals surface area contributed by atoms with Crippen LogP contribution in [0.2, 0.25) is 5.02 Å². The van der Waals surface area contributed by atoms with Gasteiger partial charge >= 0.3 is 0 Å². The summed E-state index contributed by atoms with van der Waals surface area (Å²) in [6.45, 7) is 0. The number of carbonyl (C=O) groups is 2. The van der Waals surface area contributed by atoms with E-state index in [1.165, 1.54) is 4.90 Å². The Morgan fingerprint density at radius 3 is 2.21 bits per heavy atom. The van der Waals surface area contributed by atoms with Gasteiger partial charge in [0.1, 0.15) is 0 Å². The van der Waals surface area contributed by atoms with E-state index in [0.717, 1.165) is 30.2 Å². The molecule has 0 N–H and O–H groups in total. The Bertz CT molecular complexity index is 536. The number of nitrogens with zero attached hydrogens (tertiary/aromatic N) is 1. The Balaban J connectivity index is 1.98. The molecule has 100 valence electrons. The molecule has 5 heteroatoms. The number of benzene rings is 1. The van der Waals surface area contributed by atoms with Crippen molar-refractivity contribution in [3.8, 4) is 0 Å². The minimum atomic E-state index is -0.122. The Hall–Kier alpha value is -0.870. The number of halogens is 2. The Kier molecular flexibility index (Phi) is 3.39. The summed E-state index contributed by atoms with van der Waals surface area (Å²) in [5.74, 6) is -0.367. The molecule has 2 aliphatic rings. The lowest BCUT2D eigenvalue weighted by molar-refractivity contribution is -0.122. The summed E-state index contributed by atoms with van der Waals surface area (Å²) in [6, 6.07) is 5.18. The molecule has 3 nitrogen and oxygen atoms in total. The van der Waals surface area contributed by atoms with Gasteiger partial charge < -0.3 is 0 Å². The highest BCUT2D eigenvalue weighted by molar-refractivity contribution is 9.10. The second-order valence-electron chi connectivity index (χ2n) is 5.11. The second-order valence-corrected chi connectivity index (χ2v) is 6.37. The van der Waals surface area contributed by atoms with Gasteiger partial charge in [0.05, 0.1) is 22.5 Å². The number of rotatable bonds is 1. The van der Waals surface area contributed by atoms with Crippen molar-refractivity contribution in [2.45, 2.75) is 25.7 Å². The van der Waals surface area contributed by atoms with E-state index in [9.17, 15) is 9.59 Å². The normalized spacial score (nSPS) is 26.7. The molecular weight excluding hydrogens is 330 g/mol. The van der Waals surface area contributed by atoms with Crippen LogP contribution >= 0.6 is 27.5 Å². The smallest absolute Gasteiger partial charge is 0.237 e. The molecule has 1 aromatic carbocycles. The van der Waals surface area contributed by atoms with Gasteiger partial charge in [0.25, 0.3) is 0 Å².